The average Bonchev–Trinajstić information content (AvgIpc) is 2.58. The average molecular weight is 515 g/mol. The Morgan fingerprint density at radius 1 is 0.367 bits per heavy atom. The van der Waals surface area contributed by atoms with Crippen molar-refractivity contribution in [1.82, 2.24) is 0 Å². The predicted molar refractivity (Wildman–Crippen MR) is 159 cm³/mol. The molecule has 0 aromatic heterocycles. The normalized spacial score (nSPS) is 36.6. The second-order valence-corrected chi connectivity index (χ2v) is 64.6. The Labute approximate surface area is 197 Å². The van der Waals surface area contributed by atoms with Gasteiger partial charge in [0, 0.05) is 45.5 Å². The molecule has 0 aromatic rings. The molecule has 178 valence electrons. The van der Waals surface area contributed by atoms with Gasteiger partial charge >= 0.3 is 0 Å². The minimum absolute atomic E-state index is 0.899. The van der Waals surface area contributed by atoms with Gasteiger partial charge in [-0.1, -0.05) is 144 Å². The largest absolute Gasteiger partial charge is 0.0713 e. The first-order valence-electron chi connectivity index (χ1n) is 13.4. The first kappa shape index (κ1) is 27.5. The standard InChI is InChI=1S/C24H58Si6/c1-15-17-19-21-23-25(3,4)28(9,10)24(22-20-18-16-2,29(11,12)26(23,5)6)30(13,14)27(23,7)8/h15-22H2,1-14H3. The Kier molecular flexibility index (Phi) is 7.27. The lowest BCUT2D eigenvalue weighted by Gasteiger charge is -2.89. The highest BCUT2D eigenvalue weighted by atomic mass is 29.4. The molecule has 0 saturated carbocycles. The third-order valence-electron chi connectivity index (χ3n) is 13.4. The molecular weight excluding hydrogens is 457 g/mol. The maximum absolute atomic E-state index is 3.00. The molecule has 0 spiro atoms. The van der Waals surface area contributed by atoms with E-state index >= 15 is 0 Å². The summed E-state index contributed by atoms with van der Waals surface area (Å²) in [7, 11) is -8.08. The van der Waals surface area contributed by atoms with E-state index in [0.29, 0.717) is 0 Å². The van der Waals surface area contributed by atoms with E-state index in [4.69, 9.17) is 0 Å². The maximum atomic E-state index is 3.00. The van der Waals surface area contributed by atoms with Crippen LogP contribution in [0.4, 0.5) is 0 Å². The van der Waals surface area contributed by atoms with E-state index in [-0.39, 0.29) is 0 Å². The van der Waals surface area contributed by atoms with Crippen molar-refractivity contribution >= 4 is 45.5 Å². The fourth-order valence-electron chi connectivity index (χ4n) is 11.0. The summed E-state index contributed by atoms with van der Waals surface area (Å²) in [5, 5.41) is 0. The molecule has 0 N–H and O–H groups in total. The van der Waals surface area contributed by atoms with Crippen LogP contribution in [0, 0.1) is 0 Å². The summed E-state index contributed by atoms with van der Waals surface area (Å²) >= 11 is 0. The van der Waals surface area contributed by atoms with Crippen molar-refractivity contribution < 1.29 is 0 Å². The fourth-order valence-corrected chi connectivity index (χ4v) is 155. The molecule has 3 rings (SSSR count). The van der Waals surface area contributed by atoms with Gasteiger partial charge in [-0.25, -0.2) is 0 Å². The van der Waals surface area contributed by atoms with Crippen LogP contribution in [-0.2, 0) is 0 Å². The minimum Gasteiger partial charge on any atom is -0.0713 e. The van der Waals surface area contributed by atoms with Gasteiger partial charge in [-0.3, -0.25) is 0 Å². The zero-order valence-electron chi connectivity index (χ0n) is 23.7. The number of hydrogen-bond donors (Lipinski definition) is 0. The number of rotatable bonds is 8. The summed E-state index contributed by atoms with van der Waals surface area (Å²) in [6.07, 6.45) is 12.2. The van der Waals surface area contributed by atoms with Gasteiger partial charge in [0.1, 0.15) is 0 Å². The molecule has 3 saturated heterocycles. The molecule has 0 unspecified atom stereocenters. The third-order valence-corrected chi connectivity index (χ3v) is 104. The second-order valence-electron chi connectivity index (χ2n) is 14.5. The summed E-state index contributed by atoms with van der Waals surface area (Å²) in [6, 6.07) is 0. The van der Waals surface area contributed by atoms with Crippen LogP contribution in [0.5, 0.6) is 0 Å². The molecule has 3 aliphatic rings. The molecule has 6 heteroatoms. The molecule has 3 aliphatic heterocycles. The van der Waals surface area contributed by atoms with Crippen molar-refractivity contribution in [2.45, 2.75) is 152 Å². The lowest BCUT2D eigenvalue weighted by Crippen LogP contribution is -3.03. The van der Waals surface area contributed by atoms with Crippen LogP contribution in [0.25, 0.3) is 0 Å². The first-order chi connectivity index (χ1) is 13.4. The van der Waals surface area contributed by atoms with Gasteiger partial charge in [-0.15, -0.1) is 0 Å². The van der Waals surface area contributed by atoms with E-state index in [1.807, 2.05) is 0 Å². The summed E-state index contributed by atoms with van der Waals surface area (Å²) in [4.78, 5) is 0. The van der Waals surface area contributed by atoms with Crippen molar-refractivity contribution in [3.05, 3.63) is 0 Å². The third kappa shape index (κ3) is 2.64. The van der Waals surface area contributed by atoms with E-state index in [2.05, 4.69) is 92.4 Å². The summed E-state index contributed by atoms with van der Waals surface area (Å²) in [5.41, 5.74) is 0. The Bertz CT molecular complexity index is 516. The molecule has 0 nitrogen and oxygen atoms in total. The first-order valence-corrected chi connectivity index (χ1v) is 34.4. The monoisotopic (exact) mass is 514 g/mol. The van der Waals surface area contributed by atoms with Gasteiger partial charge in [-0.2, -0.15) is 0 Å². The van der Waals surface area contributed by atoms with Gasteiger partial charge in [-0.05, 0) is 8.57 Å². The molecule has 0 atom stereocenters. The van der Waals surface area contributed by atoms with Gasteiger partial charge in [0.25, 0.3) is 0 Å². The Morgan fingerprint density at radius 2 is 0.567 bits per heavy atom. The highest BCUT2D eigenvalue weighted by Gasteiger charge is 2.91. The van der Waals surface area contributed by atoms with Crippen LogP contribution in [0.3, 0.4) is 0 Å². The predicted octanol–water partition coefficient (Wildman–Crippen LogP) is 9.30. The van der Waals surface area contributed by atoms with Gasteiger partial charge in [0.2, 0.25) is 0 Å². The minimum atomic E-state index is -1.35. The molecule has 2 bridgehead atoms. The van der Waals surface area contributed by atoms with Gasteiger partial charge < -0.3 is 0 Å². The van der Waals surface area contributed by atoms with Crippen LogP contribution in [0.1, 0.15) is 65.2 Å². The van der Waals surface area contributed by atoms with E-state index in [1.165, 1.54) is 25.7 Å². The van der Waals surface area contributed by atoms with Crippen molar-refractivity contribution in [3.63, 3.8) is 0 Å². The summed E-state index contributed by atoms with van der Waals surface area (Å²) in [6.45, 7) is 40.8. The molecular formula is C24H58Si6. The number of hydrogen-bond acceptors (Lipinski definition) is 0. The summed E-state index contributed by atoms with van der Waals surface area (Å²) in [5.74, 6) is 0. The van der Waals surface area contributed by atoms with Crippen molar-refractivity contribution in [2.75, 3.05) is 0 Å². The molecule has 0 aromatic carbocycles. The van der Waals surface area contributed by atoms with Crippen molar-refractivity contribution in [3.8, 4) is 0 Å². The van der Waals surface area contributed by atoms with Crippen molar-refractivity contribution in [1.29, 1.82) is 0 Å². The zero-order chi connectivity index (χ0) is 23.7. The van der Waals surface area contributed by atoms with Gasteiger partial charge in [0.15, 0.2) is 0 Å². The summed E-state index contributed by atoms with van der Waals surface area (Å²) < 4.78 is 1.80. The Balaban J connectivity index is 2.96. The van der Waals surface area contributed by atoms with E-state index in [9.17, 15) is 0 Å². The van der Waals surface area contributed by atoms with E-state index in [0.717, 1.165) is 8.57 Å². The van der Waals surface area contributed by atoms with Crippen LogP contribution >= 0.6 is 0 Å². The number of fused-ring (bicyclic) bond motifs is 3. The van der Waals surface area contributed by atoms with E-state index < -0.39 is 45.5 Å². The molecule has 0 radical (unpaired) electrons. The van der Waals surface area contributed by atoms with Crippen molar-refractivity contribution in [2.24, 2.45) is 0 Å². The highest BCUT2D eigenvalue weighted by Crippen LogP contribution is 2.82. The highest BCUT2D eigenvalue weighted by molar-refractivity contribution is 7.77. The molecule has 3 fully saturated rings. The molecule has 0 amide bonds. The van der Waals surface area contributed by atoms with E-state index in [1.54, 1.807) is 25.7 Å². The smallest absolute Gasteiger partial charge is 0.0418 e. The molecule has 30 heavy (non-hydrogen) atoms. The van der Waals surface area contributed by atoms with Crippen LogP contribution in [-0.4, -0.2) is 45.5 Å². The Hall–Kier alpha value is 1.30. The zero-order valence-corrected chi connectivity index (χ0v) is 29.7. The SMILES string of the molecule is CCCCCC12[Si](C)(C)[Si](C)(C)C(CCCCC)([Si](C)(C)[Si]1(C)C)[Si](C)(C)[Si]2(C)C. The molecule has 0 aliphatic carbocycles. The maximum Gasteiger partial charge on any atom is 0.0418 e. The fraction of sp³-hybridized carbons (Fsp3) is 1.00. The van der Waals surface area contributed by atoms with Crippen LogP contribution in [0.15, 0.2) is 0 Å². The second kappa shape index (κ2) is 7.92. The topological polar surface area (TPSA) is 0 Å². The Morgan fingerprint density at radius 3 is 0.733 bits per heavy atom. The quantitative estimate of drug-likeness (QED) is 0.223. The van der Waals surface area contributed by atoms with Crippen LogP contribution in [0.2, 0.25) is 87.1 Å². The van der Waals surface area contributed by atoms with Gasteiger partial charge in [0.05, 0.1) is 0 Å². The molecule has 3 heterocycles. The van der Waals surface area contributed by atoms with Crippen LogP contribution < -0.4 is 0 Å². The number of unbranched alkanes of at least 4 members (excludes halogenated alkanes) is 4. The lowest BCUT2D eigenvalue weighted by atomic mass is 10.2. The lowest BCUT2D eigenvalue weighted by molar-refractivity contribution is 0.622.